The minimum atomic E-state index is -0.435. The molecule has 0 fully saturated rings. The smallest absolute Gasteiger partial charge is 0.269 e. The van der Waals surface area contributed by atoms with Crippen LogP contribution >= 0.6 is 23.1 Å². The van der Waals surface area contributed by atoms with Crippen molar-refractivity contribution in [3.63, 3.8) is 0 Å². The predicted molar refractivity (Wildman–Crippen MR) is 93.9 cm³/mol. The SMILES string of the molecule is CC(C)[C@@H](NC(=O)CSc1ccc([N+](=O)[O-])cc1)c1cccs1. The number of thioether (sulfide) groups is 1. The molecule has 0 saturated carbocycles. The predicted octanol–water partition coefficient (Wildman–Crippen LogP) is 4.26. The van der Waals surface area contributed by atoms with Gasteiger partial charge in [-0.05, 0) is 29.5 Å². The quantitative estimate of drug-likeness (QED) is 0.460. The zero-order valence-corrected chi connectivity index (χ0v) is 14.5. The number of nitrogens with one attached hydrogen (secondary N) is 1. The van der Waals surface area contributed by atoms with Crippen LogP contribution in [-0.2, 0) is 4.79 Å². The van der Waals surface area contributed by atoms with Crippen LogP contribution in [0.15, 0.2) is 46.7 Å². The van der Waals surface area contributed by atoms with Crippen LogP contribution in [0.4, 0.5) is 5.69 Å². The highest BCUT2D eigenvalue weighted by atomic mass is 32.2. The average Bonchev–Trinajstić information content (AvgIpc) is 3.04. The maximum atomic E-state index is 12.2. The molecule has 1 aromatic carbocycles. The molecule has 1 amide bonds. The molecule has 0 aliphatic rings. The normalized spacial score (nSPS) is 12.1. The van der Waals surface area contributed by atoms with Gasteiger partial charge >= 0.3 is 0 Å². The number of hydrogen-bond acceptors (Lipinski definition) is 5. The van der Waals surface area contributed by atoms with Gasteiger partial charge in [-0.25, -0.2) is 0 Å². The van der Waals surface area contributed by atoms with Gasteiger partial charge in [-0.1, -0.05) is 19.9 Å². The van der Waals surface area contributed by atoms with Gasteiger partial charge in [0.2, 0.25) is 5.91 Å². The fourth-order valence-electron chi connectivity index (χ4n) is 2.06. The highest BCUT2D eigenvalue weighted by Crippen LogP contribution is 2.26. The number of carbonyl (C=O) groups is 1. The summed E-state index contributed by atoms with van der Waals surface area (Å²) in [6, 6.07) is 10.2. The summed E-state index contributed by atoms with van der Waals surface area (Å²) in [5.74, 6) is 0.550. The first kappa shape index (κ1) is 17.5. The van der Waals surface area contributed by atoms with Crippen molar-refractivity contribution in [2.24, 2.45) is 5.92 Å². The molecule has 0 aliphatic carbocycles. The lowest BCUT2D eigenvalue weighted by Gasteiger charge is -2.21. The Balaban J connectivity index is 1.90. The Morgan fingerprint density at radius 2 is 2.00 bits per heavy atom. The number of amides is 1. The van der Waals surface area contributed by atoms with Crippen molar-refractivity contribution < 1.29 is 9.72 Å². The van der Waals surface area contributed by atoms with Gasteiger partial charge in [-0.2, -0.15) is 0 Å². The molecular weight excluding hydrogens is 332 g/mol. The van der Waals surface area contributed by atoms with Crippen molar-refractivity contribution in [1.82, 2.24) is 5.32 Å². The first-order valence-corrected chi connectivity index (χ1v) is 9.04. The molecule has 122 valence electrons. The summed E-state index contributed by atoms with van der Waals surface area (Å²) in [5, 5.41) is 15.7. The van der Waals surface area contributed by atoms with E-state index in [2.05, 4.69) is 19.2 Å². The molecule has 1 N–H and O–H groups in total. The number of non-ortho nitro benzene ring substituents is 1. The molecule has 0 radical (unpaired) electrons. The topological polar surface area (TPSA) is 72.2 Å². The van der Waals surface area contributed by atoms with E-state index in [1.54, 1.807) is 23.5 Å². The van der Waals surface area contributed by atoms with Crippen molar-refractivity contribution in [2.75, 3.05) is 5.75 Å². The van der Waals surface area contributed by atoms with Crippen molar-refractivity contribution in [1.29, 1.82) is 0 Å². The van der Waals surface area contributed by atoms with E-state index in [1.807, 2.05) is 17.5 Å². The molecule has 2 rings (SSSR count). The van der Waals surface area contributed by atoms with E-state index < -0.39 is 4.92 Å². The number of thiophene rings is 1. The van der Waals surface area contributed by atoms with Crippen LogP contribution in [0, 0.1) is 16.0 Å². The third-order valence-corrected chi connectivity index (χ3v) is 5.22. The Labute approximate surface area is 143 Å². The fraction of sp³-hybridized carbons (Fsp3) is 0.312. The first-order chi connectivity index (χ1) is 11.0. The number of rotatable bonds is 7. The number of benzene rings is 1. The molecule has 1 atom stereocenters. The number of nitrogens with zero attached hydrogens (tertiary/aromatic N) is 1. The van der Waals surface area contributed by atoms with Gasteiger partial charge in [0, 0.05) is 21.9 Å². The summed E-state index contributed by atoms with van der Waals surface area (Å²) in [7, 11) is 0. The standard InChI is InChI=1S/C16H18N2O3S2/c1-11(2)16(14-4-3-9-22-14)17-15(19)10-23-13-7-5-12(6-8-13)18(20)21/h3-9,11,16H,10H2,1-2H3,(H,17,19)/t16-/m1/s1. The largest absolute Gasteiger partial charge is 0.347 e. The summed E-state index contributed by atoms with van der Waals surface area (Å²) >= 11 is 3.00. The Morgan fingerprint density at radius 3 is 2.52 bits per heavy atom. The summed E-state index contributed by atoms with van der Waals surface area (Å²) in [4.78, 5) is 24.3. The number of nitro groups is 1. The van der Waals surface area contributed by atoms with Crippen LogP contribution in [0.2, 0.25) is 0 Å². The first-order valence-electron chi connectivity index (χ1n) is 7.17. The molecule has 5 nitrogen and oxygen atoms in total. The van der Waals surface area contributed by atoms with E-state index in [-0.39, 0.29) is 23.4 Å². The van der Waals surface area contributed by atoms with Gasteiger partial charge < -0.3 is 5.32 Å². The second kappa shape index (κ2) is 8.12. The van der Waals surface area contributed by atoms with E-state index in [4.69, 9.17) is 0 Å². The fourth-order valence-corrected chi connectivity index (χ4v) is 3.72. The van der Waals surface area contributed by atoms with Crippen LogP contribution < -0.4 is 5.32 Å². The Morgan fingerprint density at radius 1 is 1.30 bits per heavy atom. The summed E-state index contributed by atoms with van der Waals surface area (Å²) in [5.41, 5.74) is 0.0522. The maximum Gasteiger partial charge on any atom is 0.269 e. The van der Waals surface area contributed by atoms with E-state index in [9.17, 15) is 14.9 Å². The highest BCUT2D eigenvalue weighted by Gasteiger charge is 2.19. The zero-order chi connectivity index (χ0) is 16.8. The van der Waals surface area contributed by atoms with Gasteiger partial charge in [-0.15, -0.1) is 23.1 Å². The number of hydrogen-bond donors (Lipinski definition) is 1. The molecule has 2 aromatic rings. The third-order valence-electron chi connectivity index (χ3n) is 3.25. The Hall–Kier alpha value is -1.86. The van der Waals surface area contributed by atoms with Gasteiger partial charge in [0.15, 0.2) is 0 Å². The molecule has 0 spiro atoms. The van der Waals surface area contributed by atoms with Crippen molar-refractivity contribution in [3.05, 3.63) is 56.8 Å². The summed E-state index contributed by atoms with van der Waals surface area (Å²) < 4.78 is 0. The summed E-state index contributed by atoms with van der Waals surface area (Å²) in [6.07, 6.45) is 0. The van der Waals surface area contributed by atoms with E-state index >= 15 is 0 Å². The highest BCUT2D eigenvalue weighted by molar-refractivity contribution is 8.00. The zero-order valence-electron chi connectivity index (χ0n) is 12.9. The molecule has 0 saturated heterocycles. The van der Waals surface area contributed by atoms with Crippen LogP contribution in [0.3, 0.4) is 0 Å². The Kier molecular flexibility index (Phi) is 6.18. The minimum Gasteiger partial charge on any atom is -0.347 e. The number of nitro benzene ring substituents is 1. The van der Waals surface area contributed by atoms with Gasteiger partial charge in [-0.3, -0.25) is 14.9 Å². The molecule has 0 aliphatic heterocycles. The lowest BCUT2D eigenvalue weighted by atomic mass is 10.0. The second-order valence-electron chi connectivity index (χ2n) is 5.34. The lowest BCUT2D eigenvalue weighted by Crippen LogP contribution is -2.32. The molecular formula is C16H18N2O3S2. The van der Waals surface area contributed by atoms with Crippen LogP contribution in [0.1, 0.15) is 24.8 Å². The van der Waals surface area contributed by atoms with Crippen molar-refractivity contribution >= 4 is 34.7 Å². The molecule has 1 heterocycles. The van der Waals surface area contributed by atoms with Gasteiger partial charge in [0.05, 0.1) is 16.7 Å². The van der Waals surface area contributed by atoms with Gasteiger partial charge in [0.25, 0.3) is 5.69 Å². The number of carbonyl (C=O) groups excluding carboxylic acids is 1. The van der Waals surface area contributed by atoms with Crippen molar-refractivity contribution in [2.45, 2.75) is 24.8 Å². The maximum absolute atomic E-state index is 12.2. The summed E-state index contributed by atoms with van der Waals surface area (Å²) in [6.45, 7) is 4.16. The van der Waals surface area contributed by atoms with E-state index in [0.717, 1.165) is 9.77 Å². The monoisotopic (exact) mass is 350 g/mol. The van der Waals surface area contributed by atoms with Crippen LogP contribution in [0.25, 0.3) is 0 Å². The Bertz CT molecular complexity index is 654. The van der Waals surface area contributed by atoms with E-state index in [1.165, 1.54) is 23.9 Å². The van der Waals surface area contributed by atoms with E-state index in [0.29, 0.717) is 5.92 Å². The third kappa shape index (κ3) is 5.07. The minimum absolute atomic E-state index is 0.0139. The molecule has 0 unspecified atom stereocenters. The second-order valence-corrected chi connectivity index (χ2v) is 7.37. The van der Waals surface area contributed by atoms with Crippen LogP contribution in [-0.4, -0.2) is 16.6 Å². The molecule has 7 heteroatoms. The lowest BCUT2D eigenvalue weighted by molar-refractivity contribution is -0.384. The van der Waals surface area contributed by atoms with Gasteiger partial charge in [0.1, 0.15) is 0 Å². The molecule has 1 aromatic heterocycles. The molecule has 23 heavy (non-hydrogen) atoms. The molecule has 0 bridgehead atoms. The average molecular weight is 350 g/mol. The van der Waals surface area contributed by atoms with Crippen molar-refractivity contribution in [3.8, 4) is 0 Å². The van der Waals surface area contributed by atoms with Crippen LogP contribution in [0.5, 0.6) is 0 Å².